The monoisotopic (exact) mass is 258 g/mol. The Bertz CT molecular complexity index is 335. The van der Waals surface area contributed by atoms with Crippen molar-refractivity contribution in [1.29, 1.82) is 0 Å². The SMILES string of the molecule is CC(C)(CC(=O)O)c1ncc(Br)cn1. The van der Waals surface area contributed by atoms with Gasteiger partial charge in [0.05, 0.1) is 10.9 Å². The highest BCUT2D eigenvalue weighted by atomic mass is 79.9. The Morgan fingerprint density at radius 2 is 2.00 bits per heavy atom. The van der Waals surface area contributed by atoms with Crippen LogP contribution < -0.4 is 0 Å². The Morgan fingerprint density at radius 1 is 1.50 bits per heavy atom. The summed E-state index contributed by atoms with van der Waals surface area (Å²) < 4.78 is 0.785. The first-order valence-corrected chi connectivity index (χ1v) is 4.91. The van der Waals surface area contributed by atoms with Crippen LogP contribution in [0.25, 0.3) is 0 Å². The summed E-state index contributed by atoms with van der Waals surface area (Å²) >= 11 is 3.22. The molecule has 0 saturated heterocycles. The molecule has 0 unspecified atom stereocenters. The van der Waals surface area contributed by atoms with Crippen molar-refractivity contribution in [3.8, 4) is 0 Å². The molecule has 0 saturated carbocycles. The second-order valence-electron chi connectivity index (χ2n) is 3.68. The zero-order chi connectivity index (χ0) is 10.8. The first-order chi connectivity index (χ1) is 6.42. The van der Waals surface area contributed by atoms with E-state index < -0.39 is 11.4 Å². The Morgan fingerprint density at radius 3 is 2.43 bits per heavy atom. The van der Waals surface area contributed by atoms with E-state index >= 15 is 0 Å². The van der Waals surface area contributed by atoms with Gasteiger partial charge in [-0.15, -0.1) is 0 Å². The molecule has 0 spiro atoms. The molecule has 1 rings (SSSR count). The standard InChI is InChI=1S/C9H11BrN2O2/c1-9(2,3-7(13)14)8-11-4-6(10)5-12-8/h4-5H,3H2,1-2H3,(H,13,14). The number of carboxylic acid groups (broad SMARTS) is 1. The van der Waals surface area contributed by atoms with Gasteiger partial charge in [0.1, 0.15) is 5.82 Å². The van der Waals surface area contributed by atoms with Gasteiger partial charge in [0.25, 0.3) is 0 Å². The number of aromatic nitrogens is 2. The summed E-state index contributed by atoms with van der Waals surface area (Å²) in [5, 5.41) is 8.70. The zero-order valence-electron chi connectivity index (χ0n) is 7.99. The molecular formula is C9H11BrN2O2. The topological polar surface area (TPSA) is 63.1 Å². The molecule has 0 fully saturated rings. The molecule has 76 valence electrons. The third-order valence-corrected chi connectivity index (χ3v) is 2.23. The number of hydrogen-bond acceptors (Lipinski definition) is 3. The lowest BCUT2D eigenvalue weighted by molar-refractivity contribution is -0.138. The second kappa shape index (κ2) is 4.04. The van der Waals surface area contributed by atoms with Gasteiger partial charge in [-0.05, 0) is 15.9 Å². The van der Waals surface area contributed by atoms with Gasteiger partial charge < -0.3 is 5.11 Å². The van der Waals surface area contributed by atoms with Gasteiger partial charge in [-0.25, -0.2) is 9.97 Å². The van der Waals surface area contributed by atoms with Crippen LogP contribution in [0.1, 0.15) is 26.1 Å². The van der Waals surface area contributed by atoms with Crippen molar-refractivity contribution in [3.05, 3.63) is 22.7 Å². The summed E-state index contributed by atoms with van der Waals surface area (Å²) in [5.41, 5.74) is -0.535. The summed E-state index contributed by atoms with van der Waals surface area (Å²) in [7, 11) is 0. The maximum Gasteiger partial charge on any atom is 0.304 e. The fourth-order valence-corrected chi connectivity index (χ4v) is 1.32. The highest BCUT2D eigenvalue weighted by Crippen LogP contribution is 2.23. The molecule has 0 radical (unpaired) electrons. The van der Waals surface area contributed by atoms with Gasteiger partial charge in [-0.3, -0.25) is 4.79 Å². The van der Waals surface area contributed by atoms with Gasteiger partial charge in [0, 0.05) is 17.8 Å². The van der Waals surface area contributed by atoms with Crippen LogP contribution >= 0.6 is 15.9 Å². The predicted octanol–water partition coefficient (Wildman–Crippen LogP) is 1.99. The minimum atomic E-state index is -0.846. The maximum atomic E-state index is 10.6. The molecule has 0 aliphatic carbocycles. The fourth-order valence-electron chi connectivity index (χ4n) is 1.12. The van der Waals surface area contributed by atoms with E-state index in [9.17, 15) is 4.79 Å². The van der Waals surface area contributed by atoms with Crippen molar-refractivity contribution in [2.45, 2.75) is 25.7 Å². The van der Waals surface area contributed by atoms with E-state index in [2.05, 4.69) is 25.9 Å². The normalized spacial score (nSPS) is 11.4. The number of halogens is 1. The molecule has 14 heavy (non-hydrogen) atoms. The van der Waals surface area contributed by atoms with Crippen LogP contribution in [0.5, 0.6) is 0 Å². The second-order valence-corrected chi connectivity index (χ2v) is 4.59. The Labute approximate surface area is 90.5 Å². The fraction of sp³-hybridized carbons (Fsp3) is 0.444. The summed E-state index contributed by atoms with van der Waals surface area (Å²) in [4.78, 5) is 18.8. The van der Waals surface area contributed by atoms with Crippen molar-refractivity contribution < 1.29 is 9.90 Å². The summed E-state index contributed by atoms with van der Waals surface area (Å²) in [6.45, 7) is 3.62. The summed E-state index contributed by atoms with van der Waals surface area (Å²) in [5.74, 6) is -0.301. The van der Waals surface area contributed by atoms with Gasteiger partial charge in [0.15, 0.2) is 0 Å². The molecule has 1 N–H and O–H groups in total. The molecule has 0 amide bonds. The molecule has 0 bridgehead atoms. The first kappa shape index (κ1) is 11.1. The minimum absolute atomic E-state index is 0.0225. The van der Waals surface area contributed by atoms with Crippen molar-refractivity contribution in [3.63, 3.8) is 0 Å². The summed E-state index contributed by atoms with van der Waals surface area (Å²) in [6.07, 6.45) is 3.26. The van der Waals surface area contributed by atoms with Crippen molar-refractivity contribution in [1.82, 2.24) is 9.97 Å². The number of carboxylic acids is 1. The van der Waals surface area contributed by atoms with E-state index in [4.69, 9.17) is 5.11 Å². The van der Waals surface area contributed by atoms with E-state index in [1.807, 2.05) is 13.8 Å². The number of aliphatic carboxylic acids is 1. The molecule has 0 atom stereocenters. The molecule has 1 heterocycles. The smallest absolute Gasteiger partial charge is 0.304 e. The largest absolute Gasteiger partial charge is 0.481 e. The van der Waals surface area contributed by atoms with Gasteiger partial charge in [-0.1, -0.05) is 13.8 Å². The number of carbonyl (C=O) groups is 1. The number of hydrogen-bond donors (Lipinski definition) is 1. The quantitative estimate of drug-likeness (QED) is 0.901. The molecule has 0 aliphatic rings. The highest BCUT2D eigenvalue weighted by molar-refractivity contribution is 9.10. The Hall–Kier alpha value is -0.970. The van der Waals surface area contributed by atoms with Crippen LogP contribution in [0.4, 0.5) is 0 Å². The van der Waals surface area contributed by atoms with Crippen LogP contribution in [0, 0.1) is 0 Å². The lowest BCUT2D eigenvalue weighted by Gasteiger charge is -2.19. The molecule has 1 aromatic rings. The van der Waals surface area contributed by atoms with Crippen molar-refractivity contribution >= 4 is 21.9 Å². The minimum Gasteiger partial charge on any atom is -0.481 e. The zero-order valence-corrected chi connectivity index (χ0v) is 9.58. The van der Waals surface area contributed by atoms with Crippen LogP contribution in [-0.4, -0.2) is 21.0 Å². The molecule has 5 heteroatoms. The van der Waals surface area contributed by atoms with Gasteiger partial charge >= 0.3 is 5.97 Å². The average molecular weight is 259 g/mol. The Balaban J connectivity index is 2.91. The molecule has 0 aliphatic heterocycles. The lowest BCUT2D eigenvalue weighted by atomic mass is 9.88. The van der Waals surface area contributed by atoms with Crippen LogP contribution in [0.2, 0.25) is 0 Å². The van der Waals surface area contributed by atoms with E-state index in [-0.39, 0.29) is 6.42 Å². The van der Waals surface area contributed by atoms with E-state index in [1.54, 1.807) is 12.4 Å². The van der Waals surface area contributed by atoms with Crippen LogP contribution in [-0.2, 0) is 10.2 Å². The number of rotatable bonds is 3. The van der Waals surface area contributed by atoms with E-state index in [0.717, 1.165) is 4.47 Å². The first-order valence-electron chi connectivity index (χ1n) is 4.11. The van der Waals surface area contributed by atoms with E-state index in [0.29, 0.717) is 5.82 Å². The number of nitrogens with zero attached hydrogens (tertiary/aromatic N) is 2. The molecule has 1 aromatic heterocycles. The summed E-state index contributed by atoms with van der Waals surface area (Å²) in [6, 6.07) is 0. The Kier molecular flexibility index (Phi) is 3.21. The molecule has 0 aromatic carbocycles. The third-order valence-electron chi connectivity index (χ3n) is 1.82. The van der Waals surface area contributed by atoms with Gasteiger partial charge in [-0.2, -0.15) is 0 Å². The average Bonchev–Trinajstić information content (AvgIpc) is 2.02. The lowest BCUT2D eigenvalue weighted by Crippen LogP contribution is -2.24. The van der Waals surface area contributed by atoms with Crippen molar-refractivity contribution in [2.24, 2.45) is 0 Å². The van der Waals surface area contributed by atoms with E-state index in [1.165, 1.54) is 0 Å². The van der Waals surface area contributed by atoms with Crippen LogP contribution in [0.3, 0.4) is 0 Å². The van der Waals surface area contributed by atoms with Crippen LogP contribution in [0.15, 0.2) is 16.9 Å². The molecular weight excluding hydrogens is 248 g/mol. The predicted molar refractivity (Wildman–Crippen MR) is 55.0 cm³/mol. The highest BCUT2D eigenvalue weighted by Gasteiger charge is 2.26. The van der Waals surface area contributed by atoms with Crippen molar-refractivity contribution in [2.75, 3.05) is 0 Å². The van der Waals surface area contributed by atoms with Gasteiger partial charge in [0.2, 0.25) is 0 Å². The molecule has 4 nitrogen and oxygen atoms in total. The third kappa shape index (κ3) is 2.77. The maximum absolute atomic E-state index is 10.6.